The fourth-order valence-electron chi connectivity index (χ4n) is 1.10. The third kappa shape index (κ3) is 6.02. The second-order valence-electron chi connectivity index (χ2n) is 4.42. The van der Waals surface area contributed by atoms with Gasteiger partial charge in [0.1, 0.15) is 6.04 Å². The fraction of sp³-hybridized carbons (Fsp3) is 0.900. The topological polar surface area (TPSA) is 66.6 Å². The highest BCUT2D eigenvalue weighted by Crippen LogP contribution is 2.27. The van der Waals surface area contributed by atoms with Crippen molar-refractivity contribution in [3.05, 3.63) is 0 Å². The smallest absolute Gasteiger partial charge is 0.321 e. The Labute approximate surface area is 96.2 Å². The van der Waals surface area contributed by atoms with E-state index >= 15 is 0 Å². The van der Waals surface area contributed by atoms with Crippen LogP contribution in [0.1, 0.15) is 20.3 Å². The molecule has 0 heterocycles. The van der Waals surface area contributed by atoms with Crippen molar-refractivity contribution < 1.29 is 9.90 Å². The molecule has 0 fully saturated rings. The molecule has 0 saturated heterocycles. The lowest BCUT2D eigenvalue weighted by Crippen LogP contribution is -2.46. The fourth-order valence-corrected chi connectivity index (χ4v) is 2.18. The molecule has 0 aliphatic carbocycles. The van der Waals surface area contributed by atoms with Crippen molar-refractivity contribution in [2.45, 2.75) is 31.1 Å². The first kappa shape index (κ1) is 14.7. The van der Waals surface area contributed by atoms with E-state index < -0.39 is 16.8 Å². The Morgan fingerprint density at radius 1 is 1.53 bits per heavy atom. The van der Waals surface area contributed by atoms with Crippen molar-refractivity contribution in [2.24, 2.45) is 5.73 Å². The summed E-state index contributed by atoms with van der Waals surface area (Å²) in [5.41, 5.74) is 5.61. The Morgan fingerprint density at radius 3 is 2.47 bits per heavy atom. The van der Waals surface area contributed by atoms with Crippen LogP contribution >= 0.6 is 11.8 Å². The summed E-state index contributed by atoms with van der Waals surface area (Å²) in [6, 6.07) is -0.804. The molecule has 0 aliphatic rings. The van der Waals surface area contributed by atoms with Crippen LogP contribution in [0.3, 0.4) is 0 Å². The van der Waals surface area contributed by atoms with Gasteiger partial charge in [0.15, 0.2) is 0 Å². The number of carboxylic acids is 1. The van der Waals surface area contributed by atoms with E-state index in [1.165, 1.54) is 0 Å². The van der Waals surface area contributed by atoms with Gasteiger partial charge in [-0.1, -0.05) is 0 Å². The molecule has 0 spiro atoms. The minimum atomic E-state index is -0.930. The summed E-state index contributed by atoms with van der Waals surface area (Å²) >= 11 is 1.62. The summed E-state index contributed by atoms with van der Waals surface area (Å²) in [4.78, 5) is 12.9. The lowest BCUT2D eigenvalue weighted by atomic mass is 10.1. The molecule has 0 saturated carbocycles. The number of thioether (sulfide) groups is 1. The number of aliphatic carboxylic acids is 1. The molecular weight excluding hydrogens is 212 g/mol. The SMILES string of the molecule is CN(C)CCCSC(C)(C)[C@H](N)C(=O)O. The molecule has 0 aromatic carbocycles. The van der Waals surface area contributed by atoms with Crippen LogP contribution in [0.25, 0.3) is 0 Å². The number of carbonyl (C=O) groups is 1. The van der Waals surface area contributed by atoms with Crippen LogP contribution in [-0.4, -0.2) is 53.2 Å². The minimum Gasteiger partial charge on any atom is -0.480 e. The van der Waals surface area contributed by atoms with Gasteiger partial charge in [-0.25, -0.2) is 0 Å². The molecule has 1 atom stereocenters. The molecule has 0 bridgehead atoms. The summed E-state index contributed by atoms with van der Waals surface area (Å²) in [7, 11) is 4.05. The highest BCUT2D eigenvalue weighted by molar-refractivity contribution is 8.00. The van der Waals surface area contributed by atoms with Gasteiger partial charge in [-0.15, -0.1) is 0 Å². The van der Waals surface area contributed by atoms with Gasteiger partial charge in [0.2, 0.25) is 0 Å². The lowest BCUT2D eigenvalue weighted by Gasteiger charge is -2.28. The molecule has 5 heteroatoms. The third-order valence-electron chi connectivity index (χ3n) is 2.24. The van der Waals surface area contributed by atoms with Crippen molar-refractivity contribution >= 4 is 17.7 Å². The van der Waals surface area contributed by atoms with Gasteiger partial charge in [0.05, 0.1) is 0 Å². The molecule has 90 valence electrons. The lowest BCUT2D eigenvalue weighted by molar-refractivity contribution is -0.139. The number of nitrogens with two attached hydrogens (primary N) is 1. The van der Waals surface area contributed by atoms with Gasteiger partial charge < -0.3 is 15.7 Å². The highest BCUT2D eigenvalue weighted by atomic mass is 32.2. The van der Waals surface area contributed by atoms with Crippen molar-refractivity contribution in [2.75, 3.05) is 26.4 Å². The number of hydrogen-bond donors (Lipinski definition) is 2. The third-order valence-corrected chi connectivity index (χ3v) is 3.73. The second kappa shape index (κ2) is 6.35. The predicted molar refractivity (Wildman–Crippen MR) is 65.3 cm³/mol. The maximum absolute atomic E-state index is 10.7. The van der Waals surface area contributed by atoms with Gasteiger partial charge in [0, 0.05) is 4.75 Å². The Balaban J connectivity index is 3.88. The average molecular weight is 234 g/mol. The molecule has 0 radical (unpaired) electrons. The van der Waals surface area contributed by atoms with E-state index in [1.807, 2.05) is 27.9 Å². The zero-order valence-corrected chi connectivity index (χ0v) is 10.8. The van der Waals surface area contributed by atoms with E-state index in [2.05, 4.69) is 4.90 Å². The monoisotopic (exact) mass is 234 g/mol. The maximum atomic E-state index is 10.7. The van der Waals surface area contributed by atoms with Crippen molar-refractivity contribution in [3.8, 4) is 0 Å². The first-order valence-electron chi connectivity index (χ1n) is 5.04. The molecule has 0 aliphatic heterocycles. The van der Waals surface area contributed by atoms with Gasteiger partial charge in [-0.3, -0.25) is 4.79 Å². The van der Waals surface area contributed by atoms with Gasteiger partial charge in [0.25, 0.3) is 0 Å². The van der Waals surface area contributed by atoms with Crippen molar-refractivity contribution in [1.29, 1.82) is 0 Å². The zero-order chi connectivity index (χ0) is 12.1. The van der Waals surface area contributed by atoms with E-state index in [4.69, 9.17) is 10.8 Å². The van der Waals surface area contributed by atoms with Crippen LogP contribution in [-0.2, 0) is 4.79 Å². The molecular formula is C10H22N2O2S. The molecule has 0 aromatic rings. The molecule has 0 unspecified atom stereocenters. The van der Waals surface area contributed by atoms with Crippen molar-refractivity contribution in [1.82, 2.24) is 4.90 Å². The summed E-state index contributed by atoms with van der Waals surface area (Å²) in [6.07, 6.45) is 1.05. The van der Waals surface area contributed by atoms with Gasteiger partial charge in [-0.2, -0.15) is 11.8 Å². The van der Waals surface area contributed by atoms with E-state index in [1.54, 1.807) is 11.8 Å². The van der Waals surface area contributed by atoms with Crippen molar-refractivity contribution in [3.63, 3.8) is 0 Å². The minimum absolute atomic E-state index is 0.405. The molecule has 0 aromatic heterocycles. The Morgan fingerprint density at radius 2 is 2.07 bits per heavy atom. The van der Waals surface area contributed by atoms with Crippen LogP contribution < -0.4 is 5.73 Å². The summed E-state index contributed by atoms with van der Waals surface area (Å²) in [5.74, 6) is 0.00621. The van der Waals surface area contributed by atoms with E-state index in [0.29, 0.717) is 0 Å². The van der Waals surface area contributed by atoms with Crippen LogP contribution in [0.2, 0.25) is 0 Å². The number of rotatable bonds is 7. The summed E-state index contributed by atoms with van der Waals surface area (Å²) in [5, 5.41) is 8.82. The summed E-state index contributed by atoms with van der Waals surface area (Å²) < 4.78 is -0.405. The number of nitrogens with zero attached hydrogens (tertiary/aromatic N) is 1. The molecule has 0 amide bonds. The zero-order valence-electron chi connectivity index (χ0n) is 9.99. The first-order valence-corrected chi connectivity index (χ1v) is 6.03. The highest BCUT2D eigenvalue weighted by Gasteiger charge is 2.32. The Kier molecular flexibility index (Phi) is 6.24. The van der Waals surface area contributed by atoms with Crippen LogP contribution in [0.4, 0.5) is 0 Å². The molecule has 3 N–H and O–H groups in total. The van der Waals surface area contributed by atoms with E-state index in [0.717, 1.165) is 18.7 Å². The standard InChI is InChI=1S/C10H22N2O2S/c1-10(2,8(11)9(13)14)15-7-5-6-12(3)4/h8H,5-7,11H2,1-4H3,(H,13,14)/t8-/m1/s1. The van der Waals surface area contributed by atoms with E-state index in [9.17, 15) is 4.79 Å². The summed E-state index contributed by atoms with van der Waals surface area (Å²) in [6.45, 7) is 4.78. The van der Waals surface area contributed by atoms with Gasteiger partial charge >= 0.3 is 5.97 Å². The van der Waals surface area contributed by atoms with Crippen LogP contribution in [0, 0.1) is 0 Å². The number of hydrogen-bond acceptors (Lipinski definition) is 4. The quantitative estimate of drug-likeness (QED) is 0.640. The largest absolute Gasteiger partial charge is 0.480 e. The molecule has 4 nitrogen and oxygen atoms in total. The van der Waals surface area contributed by atoms with Crippen LogP contribution in [0.5, 0.6) is 0 Å². The molecule has 15 heavy (non-hydrogen) atoms. The normalized spacial score (nSPS) is 14.3. The average Bonchev–Trinajstić information content (AvgIpc) is 2.10. The van der Waals surface area contributed by atoms with Crippen LogP contribution in [0.15, 0.2) is 0 Å². The Hall–Kier alpha value is -0.260. The maximum Gasteiger partial charge on any atom is 0.321 e. The first-order chi connectivity index (χ1) is 6.77. The van der Waals surface area contributed by atoms with Gasteiger partial charge in [-0.05, 0) is 46.7 Å². The second-order valence-corrected chi connectivity index (χ2v) is 6.17. The molecule has 0 rings (SSSR count). The van der Waals surface area contributed by atoms with E-state index in [-0.39, 0.29) is 0 Å². The predicted octanol–water partition coefficient (Wildman–Crippen LogP) is 0.862. The number of carboxylic acid groups (broad SMARTS) is 1. The Bertz CT molecular complexity index is 208.